The molecule has 2 nitrogen and oxygen atoms in total. The van der Waals surface area contributed by atoms with Gasteiger partial charge >= 0.3 is 0 Å². The van der Waals surface area contributed by atoms with Crippen molar-refractivity contribution >= 4 is 17.3 Å². The minimum absolute atomic E-state index is 0.237. The predicted octanol–water partition coefficient (Wildman–Crippen LogP) is 4.01. The number of nitrogens with zero attached hydrogens (tertiary/aromatic N) is 1. The first-order valence-corrected chi connectivity index (χ1v) is 7.42. The van der Waals surface area contributed by atoms with Gasteiger partial charge in [0, 0.05) is 17.6 Å². The summed E-state index contributed by atoms with van der Waals surface area (Å²) in [5.74, 6) is 0.325. The number of anilines is 1. The normalized spacial score (nSPS) is 22.2. The van der Waals surface area contributed by atoms with Crippen LogP contribution in [0, 0.1) is 11.7 Å². The zero-order valence-corrected chi connectivity index (χ0v) is 12.4. The standard InChI is InChI=1S/C15H22ClFN2/c1-3-19-8-4-5-12(10-19)11(2)18-15-9-13(16)6-7-14(15)17/h6-7,9,11-12,18H,3-5,8,10H2,1-2H3. The molecule has 0 aliphatic carbocycles. The van der Waals surface area contributed by atoms with Gasteiger partial charge in [-0.05, 0) is 57.0 Å². The van der Waals surface area contributed by atoms with Crippen molar-refractivity contribution in [3.8, 4) is 0 Å². The van der Waals surface area contributed by atoms with E-state index in [1.54, 1.807) is 12.1 Å². The lowest BCUT2D eigenvalue weighted by Gasteiger charge is -2.35. The zero-order chi connectivity index (χ0) is 13.8. The van der Waals surface area contributed by atoms with Crippen LogP contribution in [0.4, 0.5) is 10.1 Å². The van der Waals surface area contributed by atoms with E-state index in [1.165, 1.54) is 25.5 Å². The molecule has 1 N–H and O–H groups in total. The Kier molecular flexibility index (Phi) is 5.06. The van der Waals surface area contributed by atoms with Gasteiger partial charge in [-0.25, -0.2) is 4.39 Å². The molecule has 106 valence electrons. The Labute approximate surface area is 119 Å². The van der Waals surface area contributed by atoms with Crippen LogP contribution in [0.15, 0.2) is 18.2 Å². The molecular weight excluding hydrogens is 263 g/mol. The smallest absolute Gasteiger partial charge is 0.146 e. The molecular formula is C15H22ClFN2. The highest BCUT2D eigenvalue weighted by Gasteiger charge is 2.24. The van der Waals surface area contributed by atoms with Gasteiger partial charge in [-0.1, -0.05) is 18.5 Å². The number of piperidine rings is 1. The van der Waals surface area contributed by atoms with Gasteiger partial charge in [0.25, 0.3) is 0 Å². The molecule has 0 bridgehead atoms. The van der Waals surface area contributed by atoms with Gasteiger partial charge in [0.05, 0.1) is 5.69 Å². The minimum atomic E-state index is -0.237. The van der Waals surface area contributed by atoms with E-state index >= 15 is 0 Å². The molecule has 0 aromatic heterocycles. The molecule has 1 aromatic carbocycles. The van der Waals surface area contributed by atoms with Crippen molar-refractivity contribution in [3.63, 3.8) is 0 Å². The number of halogens is 2. The van der Waals surface area contributed by atoms with Crippen molar-refractivity contribution in [2.45, 2.75) is 32.7 Å². The van der Waals surface area contributed by atoms with Crippen molar-refractivity contribution in [1.29, 1.82) is 0 Å². The third-order valence-corrected chi connectivity index (χ3v) is 4.24. The van der Waals surface area contributed by atoms with Gasteiger partial charge in [-0.3, -0.25) is 0 Å². The summed E-state index contributed by atoms with van der Waals surface area (Å²) >= 11 is 5.92. The van der Waals surface area contributed by atoms with E-state index in [4.69, 9.17) is 11.6 Å². The van der Waals surface area contributed by atoms with Crippen LogP contribution < -0.4 is 5.32 Å². The Morgan fingerprint density at radius 1 is 1.53 bits per heavy atom. The Bertz CT molecular complexity index is 425. The Hall–Kier alpha value is -0.800. The van der Waals surface area contributed by atoms with Crippen molar-refractivity contribution < 1.29 is 4.39 Å². The summed E-state index contributed by atoms with van der Waals surface area (Å²) in [6.45, 7) is 7.69. The van der Waals surface area contributed by atoms with Crippen LogP contribution in [0.25, 0.3) is 0 Å². The number of rotatable bonds is 4. The second-order valence-electron chi connectivity index (χ2n) is 5.35. The van der Waals surface area contributed by atoms with Crippen LogP contribution >= 0.6 is 11.6 Å². The van der Waals surface area contributed by atoms with E-state index < -0.39 is 0 Å². The zero-order valence-electron chi connectivity index (χ0n) is 11.6. The van der Waals surface area contributed by atoms with Crippen LogP contribution in [0.2, 0.25) is 5.02 Å². The van der Waals surface area contributed by atoms with Crippen molar-refractivity contribution in [1.82, 2.24) is 4.90 Å². The molecule has 1 aliphatic rings. The monoisotopic (exact) mass is 284 g/mol. The van der Waals surface area contributed by atoms with Gasteiger partial charge in [-0.15, -0.1) is 0 Å². The lowest BCUT2D eigenvalue weighted by Crippen LogP contribution is -2.41. The van der Waals surface area contributed by atoms with Crippen LogP contribution in [0.3, 0.4) is 0 Å². The highest BCUT2D eigenvalue weighted by molar-refractivity contribution is 6.30. The predicted molar refractivity (Wildman–Crippen MR) is 79.3 cm³/mol. The number of likely N-dealkylation sites (tertiary alicyclic amines) is 1. The van der Waals surface area contributed by atoms with E-state index in [-0.39, 0.29) is 11.9 Å². The number of benzene rings is 1. The fourth-order valence-corrected chi connectivity index (χ4v) is 2.93. The molecule has 1 aliphatic heterocycles. The summed E-state index contributed by atoms with van der Waals surface area (Å²) in [7, 11) is 0. The van der Waals surface area contributed by atoms with E-state index in [2.05, 4.69) is 24.1 Å². The highest BCUT2D eigenvalue weighted by atomic mass is 35.5. The molecule has 19 heavy (non-hydrogen) atoms. The second-order valence-corrected chi connectivity index (χ2v) is 5.79. The van der Waals surface area contributed by atoms with E-state index in [0.717, 1.165) is 13.1 Å². The molecule has 1 fully saturated rings. The molecule has 0 amide bonds. The average Bonchev–Trinajstić information content (AvgIpc) is 2.43. The maximum Gasteiger partial charge on any atom is 0.146 e. The highest BCUT2D eigenvalue weighted by Crippen LogP contribution is 2.25. The number of nitrogens with one attached hydrogen (secondary N) is 1. The molecule has 2 atom stereocenters. The molecule has 2 unspecified atom stereocenters. The molecule has 0 spiro atoms. The van der Waals surface area contributed by atoms with Gasteiger partial charge < -0.3 is 10.2 Å². The van der Waals surface area contributed by atoms with E-state index in [0.29, 0.717) is 16.6 Å². The summed E-state index contributed by atoms with van der Waals surface area (Å²) in [4.78, 5) is 2.46. The molecule has 1 aromatic rings. The van der Waals surface area contributed by atoms with Crippen molar-refractivity contribution in [2.24, 2.45) is 5.92 Å². The second kappa shape index (κ2) is 6.58. The lowest BCUT2D eigenvalue weighted by atomic mass is 9.91. The quantitative estimate of drug-likeness (QED) is 0.899. The minimum Gasteiger partial charge on any atom is -0.380 e. The van der Waals surface area contributed by atoms with Gasteiger partial charge in [0.2, 0.25) is 0 Å². The fraction of sp³-hybridized carbons (Fsp3) is 0.600. The summed E-state index contributed by atoms with van der Waals surface area (Å²) in [6, 6.07) is 4.90. The number of hydrogen-bond acceptors (Lipinski definition) is 2. The fourth-order valence-electron chi connectivity index (χ4n) is 2.76. The van der Waals surface area contributed by atoms with Crippen molar-refractivity contribution in [2.75, 3.05) is 25.0 Å². The largest absolute Gasteiger partial charge is 0.380 e. The lowest BCUT2D eigenvalue weighted by molar-refractivity contribution is 0.172. The van der Waals surface area contributed by atoms with Gasteiger partial charge in [0.15, 0.2) is 0 Å². The van der Waals surface area contributed by atoms with Crippen LogP contribution in [0.5, 0.6) is 0 Å². The first-order chi connectivity index (χ1) is 9.10. The summed E-state index contributed by atoms with van der Waals surface area (Å²) in [5.41, 5.74) is 0.508. The number of hydrogen-bond donors (Lipinski definition) is 1. The molecule has 0 saturated carbocycles. The Morgan fingerprint density at radius 3 is 3.05 bits per heavy atom. The summed E-state index contributed by atoms with van der Waals surface area (Å²) in [6.07, 6.45) is 2.43. The molecule has 4 heteroatoms. The first kappa shape index (κ1) is 14.6. The maximum atomic E-state index is 13.7. The Balaban J connectivity index is 2.00. The van der Waals surface area contributed by atoms with Crippen molar-refractivity contribution in [3.05, 3.63) is 29.0 Å². The molecule has 2 rings (SSSR count). The SMILES string of the molecule is CCN1CCCC(C(C)Nc2cc(Cl)ccc2F)C1. The van der Waals surface area contributed by atoms with Crippen LogP contribution in [0.1, 0.15) is 26.7 Å². The first-order valence-electron chi connectivity index (χ1n) is 7.04. The average molecular weight is 285 g/mol. The molecule has 1 heterocycles. The topological polar surface area (TPSA) is 15.3 Å². The Morgan fingerprint density at radius 2 is 2.32 bits per heavy atom. The van der Waals surface area contributed by atoms with E-state index in [9.17, 15) is 4.39 Å². The molecule has 1 saturated heterocycles. The van der Waals surface area contributed by atoms with Crippen LogP contribution in [-0.4, -0.2) is 30.6 Å². The summed E-state index contributed by atoms with van der Waals surface area (Å²) < 4.78 is 13.7. The third kappa shape index (κ3) is 3.83. The molecule has 0 radical (unpaired) electrons. The van der Waals surface area contributed by atoms with Gasteiger partial charge in [-0.2, -0.15) is 0 Å². The maximum absolute atomic E-state index is 13.7. The van der Waals surface area contributed by atoms with Crippen LogP contribution in [-0.2, 0) is 0 Å². The third-order valence-electron chi connectivity index (χ3n) is 4.01. The van der Waals surface area contributed by atoms with Gasteiger partial charge in [0.1, 0.15) is 5.82 Å². The van der Waals surface area contributed by atoms with E-state index in [1.807, 2.05) is 0 Å². The summed E-state index contributed by atoms with van der Waals surface area (Å²) in [5, 5.41) is 3.84.